The van der Waals surface area contributed by atoms with Gasteiger partial charge in [0.05, 0.1) is 5.41 Å². The van der Waals surface area contributed by atoms with Crippen LogP contribution in [0.15, 0.2) is 146 Å². The topological polar surface area (TPSA) is 0 Å². The summed E-state index contributed by atoms with van der Waals surface area (Å²) in [6, 6.07) is 53.1. The summed E-state index contributed by atoms with van der Waals surface area (Å²) in [7, 11) is 0. The molecule has 0 radical (unpaired) electrons. The summed E-state index contributed by atoms with van der Waals surface area (Å²) >= 11 is 0. The van der Waals surface area contributed by atoms with Crippen molar-refractivity contribution in [2.45, 2.75) is 19.3 Å². The van der Waals surface area contributed by atoms with Crippen LogP contribution in [0.3, 0.4) is 0 Å². The first kappa shape index (κ1) is 23.4. The van der Waals surface area contributed by atoms with Crippen molar-refractivity contribution in [3.8, 4) is 33.4 Å². The van der Waals surface area contributed by atoms with Crippen LogP contribution in [0.2, 0.25) is 0 Å². The molecule has 0 nitrogen and oxygen atoms in total. The molecule has 0 N–H and O–H groups in total. The van der Waals surface area contributed by atoms with Crippen LogP contribution in [-0.2, 0) is 5.41 Å². The lowest BCUT2D eigenvalue weighted by Gasteiger charge is -2.30. The van der Waals surface area contributed by atoms with E-state index in [1.165, 1.54) is 66.8 Å². The van der Waals surface area contributed by atoms with E-state index in [-0.39, 0.29) is 5.41 Å². The Morgan fingerprint density at radius 2 is 0.744 bits per heavy atom. The molecule has 0 saturated heterocycles. The maximum absolute atomic E-state index is 2.40. The fraction of sp³-hybridized carbons (Fsp3) is 0.0769. The van der Waals surface area contributed by atoms with Gasteiger partial charge in [0, 0.05) is 0 Å². The first-order chi connectivity index (χ1) is 19.2. The molecule has 0 saturated carbocycles. The van der Waals surface area contributed by atoms with Crippen LogP contribution >= 0.6 is 0 Å². The standard InChI is InChI=1S/C32H22.C7H8/c1-21-14-16-22(17-15-21)23-18-19-31-27(20-23)26-10-4-7-13-30(26)32(31)28-11-5-2-8-24(28)25-9-3-6-12-29(25)32;1-7-5-3-2-4-6-7/h2-20H,1H3;2-6H,1H3. The van der Waals surface area contributed by atoms with Crippen molar-refractivity contribution in [3.05, 3.63) is 179 Å². The summed E-state index contributed by atoms with van der Waals surface area (Å²) in [6.07, 6.45) is 0. The summed E-state index contributed by atoms with van der Waals surface area (Å²) in [6.45, 7) is 4.22. The predicted octanol–water partition coefficient (Wildman–Crippen LogP) is 10.0. The molecule has 6 aromatic rings. The molecule has 39 heavy (non-hydrogen) atoms. The fourth-order valence-electron chi connectivity index (χ4n) is 6.56. The van der Waals surface area contributed by atoms with Crippen LogP contribution in [0.4, 0.5) is 0 Å². The molecule has 0 amide bonds. The van der Waals surface area contributed by atoms with Crippen molar-refractivity contribution >= 4 is 0 Å². The third-order valence-electron chi connectivity index (χ3n) is 8.32. The molecule has 0 heteroatoms. The van der Waals surface area contributed by atoms with E-state index in [9.17, 15) is 0 Å². The molecular formula is C39H30. The Hall–Kier alpha value is -4.68. The zero-order valence-corrected chi connectivity index (χ0v) is 22.4. The molecule has 6 aromatic carbocycles. The average Bonchev–Trinajstić information content (AvgIpc) is 3.45. The highest BCUT2D eigenvalue weighted by molar-refractivity contribution is 5.95. The molecule has 186 valence electrons. The molecule has 0 heterocycles. The van der Waals surface area contributed by atoms with Crippen molar-refractivity contribution in [1.29, 1.82) is 0 Å². The lowest BCUT2D eigenvalue weighted by Crippen LogP contribution is -2.25. The number of hydrogen-bond acceptors (Lipinski definition) is 0. The third-order valence-corrected chi connectivity index (χ3v) is 8.32. The molecule has 0 atom stereocenters. The minimum atomic E-state index is -0.245. The lowest BCUT2D eigenvalue weighted by atomic mass is 9.70. The van der Waals surface area contributed by atoms with Crippen LogP contribution in [0.1, 0.15) is 33.4 Å². The largest absolute Gasteiger partial charge is 0.0725 e. The summed E-state index contributed by atoms with van der Waals surface area (Å²) in [5, 5.41) is 0. The second-order valence-corrected chi connectivity index (χ2v) is 10.7. The SMILES string of the molecule is Cc1ccc(-c2ccc3c(c2)-c2ccccc2C32c3ccccc3-c3ccccc32)cc1.Cc1ccccc1. The minimum absolute atomic E-state index is 0.245. The highest BCUT2D eigenvalue weighted by atomic mass is 14.5. The van der Waals surface area contributed by atoms with E-state index in [1.807, 2.05) is 18.2 Å². The molecule has 2 aliphatic carbocycles. The van der Waals surface area contributed by atoms with Gasteiger partial charge in [0.15, 0.2) is 0 Å². The van der Waals surface area contributed by atoms with Gasteiger partial charge in [-0.15, -0.1) is 0 Å². The zero-order valence-electron chi connectivity index (χ0n) is 22.4. The van der Waals surface area contributed by atoms with Gasteiger partial charge in [-0.25, -0.2) is 0 Å². The number of hydrogen-bond donors (Lipinski definition) is 0. The van der Waals surface area contributed by atoms with Crippen molar-refractivity contribution < 1.29 is 0 Å². The Kier molecular flexibility index (Phi) is 5.56. The van der Waals surface area contributed by atoms with E-state index in [2.05, 4.69) is 141 Å². The maximum Gasteiger partial charge on any atom is 0.0725 e. The Labute approximate surface area is 231 Å². The summed E-state index contributed by atoms with van der Waals surface area (Å²) < 4.78 is 0. The van der Waals surface area contributed by atoms with Gasteiger partial charge in [0.2, 0.25) is 0 Å². The second kappa shape index (κ2) is 9.26. The Bertz CT molecular complexity index is 1760. The monoisotopic (exact) mass is 498 g/mol. The number of fused-ring (bicyclic) bond motifs is 10. The fourth-order valence-corrected chi connectivity index (χ4v) is 6.56. The third kappa shape index (κ3) is 3.60. The van der Waals surface area contributed by atoms with Gasteiger partial charge in [0.1, 0.15) is 0 Å². The van der Waals surface area contributed by atoms with Crippen LogP contribution < -0.4 is 0 Å². The van der Waals surface area contributed by atoms with Crippen LogP contribution in [-0.4, -0.2) is 0 Å². The van der Waals surface area contributed by atoms with Crippen molar-refractivity contribution in [2.24, 2.45) is 0 Å². The van der Waals surface area contributed by atoms with E-state index < -0.39 is 0 Å². The van der Waals surface area contributed by atoms with Gasteiger partial charge >= 0.3 is 0 Å². The summed E-state index contributed by atoms with van der Waals surface area (Å²) in [5.41, 5.74) is 15.9. The normalized spacial score (nSPS) is 13.1. The van der Waals surface area contributed by atoms with Crippen LogP contribution in [0, 0.1) is 13.8 Å². The van der Waals surface area contributed by atoms with Crippen molar-refractivity contribution in [3.63, 3.8) is 0 Å². The van der Waals surface area contributed by atoms with Gasteiger partial charge in [-0.1, -0.05) is 151 Å². The highest BCUT2D eigenvalue weighted by Gasteiger charge is 2.51. The van der Waals surface area contributed by atoms with Crippen LogP contribution in [0.5, 0.6) is 0 Å². The molecule has 0 fully saturated rings. The van der Waals surface area contributed by atoms with E-state index in [4.69, 9.17) is 0 Å². The van der Waals surface area contributed by atoms with E-state index >= 15 is 0 Å². The summed E-state index contributed by atoms with van der Waals surface area (Å²) in [4.78, 5) is 0. The van der Waals surface area contributed by atoms with Gasteiger partial charge in [-0.3, -0.25) is 0 Å². The quantitative estimate of drug-likeness (QED) is 0.211. The first-order valence-corrected chi connectivity index (χ1v) is 13.7. The molecule has 2 aliphatic rings. The number of benzene rings is 6. The van der Waals surface area contributed by atoms with Crippen molar-refractivity contribution in [1.82, 2.24) is 0 Å². The summed E-state index contributed by atoms with van der Waals surface area (Å²) in [5.74, 6) is 0. The average molecular weight is 499 g/mol. The van der Waals surface area contributed by atoms with E-state index in [0.717, 1.165) is 0 Å². The number of aryl methyl sites for hydroxylation is 2. The zero-order chi connectivity index (χ0) is 26.4. The predicted molar refractivity (Wildman–Crippen MR) is 164 cm³/mol. The second-order valence-electron chi connectivity index (χ2n) is 10.7. The molecular weight excluding hydrogens is 468 g/mol. The van der Waals surface area contributed by atoms with Gasteiger partial charge in [0.25, 0.3) is 0 Å². The maximum atomic E-state index is 2.40. The van der Waals surface area contributed by atoms with Gasteiger partial charge in [-0.05, 0) is 75.5 Å². The van der Waals surface area contributed by atoms with E-state index in [1.54, 1.807) is 0 Å². The van der Waals surface area contributed by atoms with Gasteiger partial charge in [-0.2, -0.15) is 0 Å². The smallest absolute Gasteiger partial charge is 0.0622 e. The minimum Gasteiger partial charge on any atom is -0.0622 e. The number of rotatable bonds is 1. The molecule has 0 aromatic heterocycles. The van der Waals surface area contributed by atoms with E-state index in [0.29, 0.717) is 0 Å². The van der Waals surface area contributed by atoms with Crippen molar-refractivity contribution in [2.75, 3.05) is 0 Å². The molecule has 0 unspecified atom stereocenters. The Morgan fingerprint density at radius 3 is 1.26 bits per heavy atom. The van der Waals surface area contributed by atoms with Crippen LogP contribution in [0.25, 0.3) is 33.4 Å². The Balaban J connectivity index is 0.000000318. The van der Waals surface area contributed by atoms with Gasteiger partial charge < -0.3 is 0 Å². The lowest BCUT2D eigenvalue weighted by molar-refractivity contribution is 0.794. The Morgan fingerprint density at radius 1 is 0.333 bits per heavy atom. The molecule has 0 aliphatic heterocycles. The molecule has 8 rings (SSSR count). The first-order valence-electron chi connectivity index (χ1n) is 13.7. The highest BCUT2D eigenvalue weighted by Crippen LogP contribution is 2.62. The molecule has 0 bridgehead atoms. The molecule has 1 spiro atoms.